The molecule has 2 rings (SSSR count). The highest BCUT2D eigenvalue weighted by molar-refractivity contribution is 5.58. The zero-order valence-corrected chi connectivity index (χ0v) is 8.33. The predicted molar refractivity (Wildman–Crippen MR) is 54.5 cm³/mol. The largest absolute Gasteiger partial charge is 0.444 e. The van der Waals surface area contributed by atoms with Gasteiger partial charge in [-0.05, 0) is 30.7 Å². The van der Waals surface area contributed by atoms with Crippen LogP contribution in [0, 0.1) is 12.7 Å². The maximum Gasteiger partial charge on any atom is 0.226 e. The van der Waals surface area contributed by atoms with Gasteiger partial charge >= 0.3 is 0 Å². The van der Waals surface area contributed by atoms with Gasteiger partial charge in [-0.2, -0.15) is 0 Å². The van der Waals surface area contributed by atoms with Crippen LogP contribution in [0.3, 0.4) is 0 Å². The van der Waals surface area contributed by atoms with Gasteiger partial charge in [0.1, 0.15) is 12.1 Å². The molecule has 0 bridgehead atoms. The summed E-state index contributed by atoms with van der Waals surface area (Å²) in [7, 11) is 0. The number of rotatable bonds is 2. The van der Waals surface area contributed by atoms with Gasteiger partial charge in [0.25, 0.3) is 0 Å². The Bertz CT molecular complexity index is 479. The normalized spacial score (nSPS) is 10.6. The van der Waals surface area contributed by atoms with Crippen LogP contribution in [-0.2, 0) is 6.54 Å². The number of aromatic nitrogens is 1. The Morgan fingerprint density at radius 2 is 2.27 bits per heavy atom. The molecule has 0 saturated carbocycles. The van der Waals surface area contributed by atoms with Crippen LogP contribution in [0.5, 0.6) is 0 Å². The molecule has 0 atom stereocenters. The number of hydrogen-bond acceptors (Lipinski definition) is 3. The van der Waals surface area contributed by atoms with E-state index in [2.05, 4.69) is 4.98 Å². The minimum Gasteiger partial charge on any atom is -0.444 e. The number of nitrogens with zero attached hydrogens (tertiary/aromatic N) is 1. The number of aryl methyl sites for hydroxylation is 1. The van der Waals surface area contributed by atoms with Crippen molar-refractivity contribution in [1.82, 2.24) is 4.98 Å². The average Bonchev–Trinajstić information content (AvgIpc) is 2.66. The molecule has 15 heavy (non-hydrogen) atoms. The molecule has 4 heteroatoms. The van der Waals surface area contributed by atoms with Crippen molar-refractivity contribution >= 4 is 0 Å². The highest BCUT2D eigenvalue weighted by Gasteiger charge is 2.08. The van der Waals surface area contributed by atoms with E-state index in [1.165, 1.54) is 18.4 Å². The van der Waals surface area contributed by atoms with Crippen LogP contribution >= 0.6 is 0 Å². The summed E-state index contributed by atoms with van der Waals surface area (Å²) in [5, 5.41) is 0. The van der Waals surface area contributed by atoms with E-state index in [-0.39, 0.29) is 5.82 Å². The predicted octanol–water partition coefficient (Wildman–Crippen LogP) is 2.25. The summed E-state index contributed by atoms with van der Waals surface area (Å²) < 4.78 is 18.1. The Hall–Kier alpha value is -1.68. The maximum absolute atomic E-state index is 12.9. The van der Waals surface area contributed by atoms with Crippen molar-refractivity contribution in [3.8, 4) is 11.5 Å². The van der Waals surface area contributed by atoms with E-state index < -0.39 is 0 Å². The topological polar surface area (TPSA) is 52.0 Å². The van der Waals surface area contributed by atoms with E-state index >= 15 is 0 Å². The first-order chi connectivity index (χ1) is 7.20. The Kier molecular flexibility index (Phi) is 2.51. The van der Waals surface area contributed by atoms with Gasteiger partial charge in [-0.3, -0.25) is 0 Å². The van der Waals surface area contributed by atoms with Crippen LogP contribution in [0.15, 0.2) is 28.9 Å². The number of nitrogens with two attached hydrogens (primary N) is 1. The summed E-state index contributed by atoms with van der Waals surface area (Å²) in [5.74, 6) is 0.217. The molecule has 0 saturated heterocycles. The summed E-state index contributed by atoms with van der Waals surface area (Å²) in [4.78, 5) is 4.18. The zero-order valence-electron chi connectivity index (χ0n) is 8.33. The van der Waals surface area contributed by atoms with Crippen molar-refractivity contribution in [3.63, 3.8) is 0 Å². The molecule has 78 valence electrons. The van der Waals surface area contributed by atoms with Crippen LogP contribution in [0.2, 0.25) is 0 Å². The molecule has 2 aromatic rings. The van der Waals surface area contributed by atoms with Gasteiger partial charge in [-0.25, -0.2) is 9.37 Å². The van der Waals surface area contributed by atoms with Crippen molar-refractivity contribution in [2.75, 3.05) is 0 Å². The molecule has 1 aromatic heterocycles. The van der Waals surface area contributed by atoms with E-state index in [1.807, 2.05) is 6.92 Å². The molecule has 2 N–H and O–H groups in total. The van der Waals surface area contributed by atoms with Gasteiger partial charge < -0.3 is 10.2 Å². The lowest BCUT2D eigenvalue weighted by Gasteiger charge is -2.00. The zero-order chi connectivity index (χ0) is 10.8. The molecule has 0 aliphatic carbocycles. The van der Waals surface area contributed by atoms with Gasteiger partial charge in [-0.15, -0.1) is 0 Å². The molecule has 0 aliphatic rings. The van der Waals surface area contributed by atoms with Gasteiger partial charge in [0.05, 0.1) is 5.69 Å². The third-order valence-corrected chi connectivity index (χ3v) is 2.18. The summed E-state index contributed by atoms with van der Waals surface area (Å²) in [6, 6.07) is 4.48. The van der Waals surface area contributed by atoms with Gasteiger partial charge in [0.2, 0.25) is 5.89 Å². The van der Waals surface area contributed by atoms with E-state index in [4.69, 9.17) is 10.2 Å². The molecular weight excluding hydrogens is 195 g/mol. The number of benzene rings is 1. The van der Waals surface area contributed by atoms with E-state index in [1.54, 1.807) is 6.07 Å². The molecule has 1 heterocycles. The van der Waals surface area contributed by atoms with Crippen LogP contribution in [-0.4, -0.2) is 4.98 Å². The smallest absolute Gasteiger partial charge is 0.226 e. The fourth-order valence-electron chi connectivity index (χ4n) is 1.39. The van der Waals surface area contributed by atoms with Crippen molar-refractivity contribution < 1.29 is 8.81 Å². The van der Waals surface area contributed by atoms with E-state index in [0.29, 0.717) is 18.1 Å². The standard InChI is InChI=1S/C11H11FN2O/c1-7-4-8(12)2-3-10(7)11-14-9(5-13)6-15-11/h2-4,6H,5,13H2,1H3. The van der Waals surface area contributed by atoms with Crippen LogP contribution in [0.4, 0.5) is 4.39 Å². The maximum atomic E-state index is 12.9. The minimum absolute atomic E-state index is 0.262. The van der Waals surface area contributed by atoms with Crippen LogP contribution < -0.4 is 5.73 Å². The lowest BCUT2D eigenvalue weighted by Crippen LogP contribution is -1.95. The molecular formula is C11H11FN2O. The fraction of sp³-hybridized carbons (Fsp3) is 0.182. The third-order valence-electron chi connectivity index (χ3n) is 2.18. The summed E-state index contributed by atoms with van der Waals surface area (Å²) >= 11 is 0. The molecule has 1 aromatic carbocycles. The highest BCUT2D eigenvalue weighted by atomic mass is 19.1. The Balaban J connectivity index is 2.44. The Morgan fingerprint density at radius 1 is 1.47 bits per heavy atom. The van der Waals surface area contributed by atoms with Gasteiger partial charge in [0, 0.05) is 12.1 Å². The fourth-order valence-corrected chi connectivity index (χ4v) is 1.39. The first kappa shape index (κ1) is 9.86. The van der Waals surface area contributed by atoms with Gasteiger partial charge in [-0.1, -0.05) is 0 Å². The number of oxazole rings is 1. The van der Waals surface area contributed by atoms with Crippen molar-refractivity contribution in [1.29, 1.82) is 0 Å². The monoisotopic (exact) mass is 206 g/mol. The first-order valence-corrected chi connectivity index (χ1v) is 4.61. The first-order valence-electron chi connectivity index (χ1n) is 4.61. The second-order valence-corrected chi connectivity index (χ2v) is 3.31. The van der Waals surface area contributed by atoms with Crippen LogP contribution in [0.25, 0.3) is 11.5 Å². The summed E-state index contributed by atoms with van der Waals surface area (Å²) in [6.07, 6.45) is 1.51. The second kappa shape index (κ2) is 3.82. The van der Waals surface area contributed by atoms with Crippen molar-refractivity contribution in [2.24, 2.45) is 5.73 Å². The van der Waals surface area contributed by atoms with Crippen LogP contribution in [0.1, 0.15) is 11.3 Å². The summed E-state index contributed by atoms with van der Waals surface area (Å²) in [6.45, 7) is 2.15. The molecule has 0 amide bonds. The Morgan fingerprint density at radius 3 is 2.87 bits per heavy atom. The van der Waals surface area contributed by atoms with Gasteiger partial charge in [0.15, 0.2) is 0 Å². The molecule has 3 nitrogen and oxygen atoms in total. The van der Waals surface area contributed by atoms with Crippen molar-refractivity contribution in [3.05, 3.63) is 41.5 Å². The third kappa shape index (κ3) is 1.89. The lowest BCUT2D eigenvalue weighted by molar-refractivity contribution is 0.571. The molecule has 0 unspecified atom stereocenters. The quantitative estimate of drug-likeness (QED) is 0.819. The van der Waals surface area contributed by atoms with E-state index in [9.17, 15) is 4.39 Å². The summed E-state index contributed by atoms with van der Waals surface area (Å²) in [5.41, 5.74) is 7.69. The second-order valence-electron chi connectivity index (χ2n) is 3.31. The van der Waals surface area contributed by atoms with Crippen molar-refractivity contribution in [2.45, 2.75) is 13.5 Å². The minimum atomic E-state index is -0.262. The molecule has 0 fully saturated rings. The molecule has 0 radical (unpaired) electrons. The van der Waals surface area contributed by atoms with E-state index in [0.717, 1.165) is 11.1 Å². The molecule has 0 spiro atoms. The average molecular weight is 206 g/mol. The SMILES string of the molecule is Cc1cc(F)ccc1-c1nc(CN)co1. The lowest BCUT2D eigenvalue weighted by atomic mass is 10.1. The Labute approximate surface area is 86.7 Å². The number of halogens is 1. The highest BCUT2D eigenvalue weighted by Crippen LogP contribution is 2.23. The molecule has 0 aliphatic heterocycles. The number of hydrogen-bond donors (Lipinski definition) is 1.